The van der Waals surface area contributed by atoms with Crippen molar-refractivity contribution in [3.8, 4) is 0 Å². The Labute approximate surface area is 56.4 Å². The number of amidine groups is 1. The van der Waals surface area contributed by atoms with Crippen LogP contribution in [0.25, 0.3) is 0 Å². The Balaban J connectivity index is 2.32. The Bertz CT molecular complexity index is 114. The molecule has 0 bridgehead atoms. The fourth-order valence-electron chi connectivity index (χ4n) is 1.05. The monoisotopic (exact) mass is 126 g/mol. The molecular formula is C7H14N2. The predicted octanol–water partition coefficient (Wildman–Crippen LogP) is 1.33. The van der Waals surface area contributed by atoms with Gasteiger partial charge in [0.1, 0.15) is 0 Å². The molecule has 0 aromatic heterocycles. The fourth-order valence-corrected chi connectivity index (χ4v) is 1.05. The summed E-state index contributed by atoms with van der Waals surface area (Å²) in [7, 11) is 3.89. The van der Waals surface area contributed by atoms with Gasteiger partial charge in [-0.25, -0.2) is 0 Å². The molecule has 1 saturated carbocycles. The maximum Gasteiger partial charge on any atom is 0.0984 e. The molecule has 1 rings (SSSR count). The van der Waals surface area contributed by atoms with E-state index in [2.05, 4.69) is 0 Å². The van der Waals surface area contributed by atoms with Crippen molar-refractivity contribution in [1.82, 2.24) is 4.90 Å². The first kappa shape index (κ1) is 6.59. The minimum atomic E-state index is 0.583. The molecule has 1 aliphatic rings. The van der Waals surface area contributed by atoms with E-state index >= 15 is 0 Å². The summed E-state index contributed by atoms with van der Waals surface area (Å²) in [6, 6.07) is 0. The predicted molar refractivity (Wildman–Crippen MR) is 38.8 cm³/mol. The summed E-state index contributed by atoms with van der Waals surface area (Å²) in [5, 5.41) is 7.53. The van der Waals surface area contributed by atoms with E-state index in [-0.39, 0.29) is 0 Å². The van der Waals surface area contributed by atoms with E-state index in [1.54, 1.807) is 0 Å². The largest absolute Gasteiger partial charge is 0.366 e. The summed E-state index contributed by atoms with van der Waals surface area (Å²) >= 11 is 0. The first-order valence-electron chi connectivity index (χ1n) is 3.47. The van der Waals surface area contributed by atoms with Crippen LogP contribution < -0.4 is 0 Å². The Kier molecular flexibility index (Phi) is 1.74. The van der Waals surface area contributed by atoms with Crippen LogP contribution in [-0.4, -0.2) is 24.8 Å². The van der Waals surface area contributed by atoms with Gasteiger partial charge in [-0.05, 0) is 12.8 Å². The number of hydrogen-bond donors (Lipinski definition) is 1. The van der Waals surface area contributed by atoms with Gasteiger partial charge in [0.25, 0.3) is 0 Å². The molecule has 1 fully saturated rings. The highest BCUT2D eigenvalue weighted by Crippen LogP contribution is 2.27. The highest BCUT2D eigenvalue weighted by Gasteiger charge is 2.22. The maximum atomic E-state index is 7.53. The maximum absolute atomic E-state index is 7.53. The van der Waals surface area contributed by atoms with Crippen molar-refractivity contribution in [3.63, 3.8) is 0 Å². The van der Waals surface area contributed by atoms with Crippen LogP contribution in [0, 0.1) is 11.3 Å². The average Bonchev–Trinajstić information content (AvgIpc) is 1.60. The lowest BCUT2D eigenvalue weighted by atomic mass is 9.84. The van der Waals surface area contributed by atoms with E-state index in [4.69, 9.17) is 5.41 Å². The number of nitrogens with one attached hydrogen (secondary N) is 1. The van der Waals surface area contributed by atoms with Gasteiger partial charge < -0.3 is 4.90 Å². The van der Waals surface area contributed by atoms with Gasteiger partial charge in [-0.1, -0.05) is 6.42 Å². The molecule has 0 aromatic carbocycles. The molecule has 0 amide bonds. The summed E-state index contributed by atoms with van der Waals surface area (Å²) in [6.07, 6.45) is 3.79. The van der Waals surface area contributed by atoms with Gasteiger partial charge in [0.05, 0.1) is 5.84 Å². The summed E-state index contributed by atoms with van der Waals surface area (Å²) in [5.41, 5.74) is 0. The van der Waals surface area contributed by atoms with Crippen LogP contribution in [0.1, 0.15) is 19.3 Å². The molecule has 1 N–H and O–H groups in total. The molecule has 52 valence electrons. The third-order valence-corrected chi connectivity index (χ3v) is 1.97. The fraction of sp³-hybridized carbons (Fsp3) is 0.857. The number of hydrogen-bond acceptors (Lipinski definition) is 1. The van der Waals surface area contributed by atoms with Crippen LogP contribution in [-0.2, 0) is 0 Å². The van der Waals surface area contributed by atoms with Crippen LogP contribution in [0.4, 0.5) is 0 Å². The minimum absolute atomic E-state index is 0.583. The topological polar surface area (TPSA) is 27.1 Å². The van der Waals surface area contributed by atoms with Gasteiger partial charge in [0.2, 0.25) is 0 Å². The third-order valence-electron chi connectivity index (χ3n) is 1.97. The second-order valence-corrected chi connectivity index (χ2v) is 2.91. The standard InChI is InChI=1S/C7H14N2/c1-9(2)7(8)6-4-3-5-6/h6,8H,3-5H2,1-2H3. The van der Waals surface area contributed by atoms with Crippen LogP contribution in [0.5, 0.6) is 0 Å². The zero-order chi connectivity index (χ0) is 6.85. The Morgan fingerprint density at radius 3 is 2.11 bits per heavy atom. The molecule has 9 heavy (non-hydrogen) atoms. The first-order chi connectivity index (χ1) is 4.22. The van der Waals surface area contributed by atoms with Gasteiger partial charge in [0.15, 0.2) is 0 Å². The summed E-state index contributed by atoms with van der Waals surface area (Å²) in [4.78, 5) is 1.91. The zero-order valence-corrected chi connectivity index (χ0v) is 6.15. The van der Waals surface area contributed by atoms with Crippen molar-refractivity contribution in [1.29, 1.82) is 5.41 Å². The summed E-state index contributed by atoms with van der Waals surface area (Å²) < 4.78 is 0. The molecule has 0 spiro atoms. The van der Waals surface area contributed by atoms with Crippen LogP contribution in [0.2, 0.25) is 0 Å². The van der Waals surface area contributed by atoms with Gasteiger partial charge in [-0.15, -0.1) is 0 Å². The summed E-state index contributed by atoms with van der Waals surface area (Å²) in [5.74, 6) is 1.39. The molecule has 2 heteroatoms. The van der Waals surface area contributed by atoms with Crippen molar-refractivity contribution in [2.45, 2.75) is 19.3 Å². The molecule has 0 unspecified atom stereocenters. The van der Waals surface area contributed by atoms with Crippen LogP contribution >= 0.6 is 0 Å². The van der Waals surface area contributed by atoms with Gasteiger partial charge >= 0.3 is 0 Å². The molecule has 0 atom stereocenters. The van der Waals surface area contributed by atoms with Crippen LogP contribution in [0.3, 0.4) is 0 Å². The SMILES string of the molecule is CN(C)C(=N)C1CCC1. The van der Waals surface area contributed by atoms with E-state index < -0.39 is 0 Å². The van der Waals surface area contributed by atoms with Gasteiger partial charge in [-0.3, -0.25) is 5.41 Å². The van der Waals surface area contributed by atoms with Crippen molar-refractivity contribution in [2.75, 3.05) is 14.1 Å². The van der Waals surface area contributed by atoms with E-state index in [0.29, 0.717) is 5.92 Å². The van der Waals surface area contributed by atoms with Crippen molar-refractivity contribution in [2.24, 2.45) is 5.92 Å². The second-order valence-electron chi connectivity index (χ2n) is 2.91. The Hall–Kier alpha value is -0.530. The summed E-state index contributed by atoms with van der Waals surface area (Å²) in [6.45, 7) is 0. The molecule has 1 aliphatic carbocycles. The highest BCUT2D eigenvalue weighted by atomic mass is 15.1. The average molecular weight is 126 g/mol. The van der Waals surface area contributed by atoms with E-state index in [0.717, 1.165) is 5.84 Å². The quantitative estimate of drug-likeness (QED) is 0.416. The molecule has 2 nitrogen and oxygen atoms in total. The molecular weight excluding hydrogens is 112 g/mol. The molecule has 0 aromatic rings. The second kappa shape index (κ2) is 2.38. The van der Waals surface area contributed by atoms with Crippen molar-refractivity contribution < 1.29 is 0 Å². The van der Waals surface area contributed by atoms with Gasteiger partial charge in [-0.2, -0.15) is 0 Å². The molecule has 0 saturated heterocycles. The molecule has 0 radical (unpaired) electrons. The molecule has 0 heterocycles. The normalized spacial score (nSPS) is 18.9. The van der Waals surface area contributed by atoms with Crippen molar-refractivity contribution in [3.05, 3.63) is 0 Å². The number of rotatable bonds is 1. The lowest BCUT2D eigenvalue weighted by Gasteiger charge is -2.29. The van der Waals surface area contributed by atoms with Crippen LogP contribution in [0.15, 0.2) is 0 Å². The van der Waals surface area contributed by atoms with Gasteiger partial charge in [0, 0.05) is 20.0 Å². The lowest BCUT2D eigenvalue weighted by Crippen LogP contribution is -2.32. The lowest BCUT2D eigenvalue weighted by molar-refractivity contribution is 0.376. The molecule has 0 aliphatic heterocycles. The first-order valence-corrected chi connectivity index (χ1v) is 3.47. The smallest absolute Gasteiger partial charge is 0.0984 e. The minimum Gasteiger partial charge on any atom is -0.366 e. The Morgan fingerprint density at radius 1 is 1.44 bits per heavy atom. The van der Waals surface area contributed by atoms with E-state index in [1.807, 2.05) is 19.0 Å². The zero-order valence-electron chi connectivity index (χ0n) is 6.15. The van der Waals surface area contributed by atoms with Crippen molar-refractivity contribution >= 4 is 5.84 Å². The Morgan fingerprint density at radius 2 is 2.00 bits per heavy atom. The highest BCUT2D eigenvalue weighted by molar-refractivity contribution is 5.81. The van der Waals surface area contributed by atoms with E-state index in [1.165, 1.54) is 19.3 Å². The third kappa shape index (κ3) is 1.23. The van der Waals surface area contributed by atoms with E-state index in [9.17, 15) is 0 Å². The number of nitrogens with zero attached hydrogens (tertiary/aromatic N) is 1.